The number of hydrogen-bond donors (Lipinski definition) is 0. The number of ether oxygens (including phenoxy) is 1. The molecule has 0 radical (unpaired) electrons. The third-order valence-corrected chi connectivity index (χ3v) is 2.98. The molecule has 0 saturated carbocycles. The summed E-state index contributed by atoms with van der Waals surface area (Å²) in [6, 6.07) is 13.4. The molecule has 0 amide bonds. The first kappa shape index (κ1) is 11.9. The second-order valence-electron chi connectivity index (χ2n) is 3.94. The van der Waals surface area contributed by atoms with Gasteiger partial charge >= 0.3 is 0 Å². The number of benzene rings is 1. The maximum atomic E-state index is 6.20. The van der Waals surface area contributed by atoms with Crippen molar-refractivity contribution in [3.05, 3.63) is 65.6 Å². The van der Waals surface area contributed by atoms with Gasteiger partial charge in [-0.15, -0.1) is 0 Å². The van der Waals surface area contributed by atoms with Gasteiger partial charge in [0.1, 0.15) is 6.61 Å². The van der Waals surface area contributed by atoms with E-state index < -0.39 is 0 Å². The standard InChI is InChI=1S/C14H11ClN2O2/c15-14-12(19-10-11-5-2-1-3-6-11)9-16-17(14)13-7-4-8-18-13/h1-9H,10H2. The largest absolute Gasteiger partial charge is 0.484 e. The lowest BCUT2D eigenvalue weighted by atomic mass is 10.2. The van der Waals surface area contributed by atoms with Crippen LogP contribution in [0, 0.1) is 0 Å². The monoisotopic (exact) mass is 274 g/mol. The summed E-state index contributed by atoms with van der Waals surface area (Å²) in [5, 5.41) is 4.53. The quantitative estimate of drug-likeness (QED) is 0.728. The highest BCUT2D eigenvalue weighted by molar-refractivity contribution is 6.31. The first-order valence-electron chi connectivity index (χ1n) is 5.79. The maximum absolute atomic E-state index is 6.20. The van der Waals surface area contributed by atoms with Gasteiger partial charge in [0.2, 0.25) is 5.88 Å². The fraction of sp³-hybridized carbons (Fsp3) is 0.0714. The van der Waals surface area contributed by atoms with Crippen molar-refractivity contribution in [2.24, 2.45) is 0 Å². The molecule has 0 saturated heterocycles. The predicted molar refractivity (Wildman–Crippen MR) is 71.6 cm³/mol. The van der Waals surface area contributed by atoms with Crippen LogP contribution in [0.1, 0.15) is 5.56 Å². The van der Waals surface area contributed by atoms with Gasteiger partial charge < -0.3 is 9.15 Å². The van der Waals surface area contributed by atoms with Gasteiger partial charge in [-0.2, -0.15) is 9.78 Å². The Morgan fingerprint density at radius 2 is 2.00 bits per heavy atom. The smallest absolute Gasteiger partial charge is 0.221 e. The molecule has 2 heterocycles. The van der Waals surface area contributed by atoms with Gasteiger partial charge in [-0.05, 0) is 11.6 Å². The molecular weight excluding hydrogens is 264 g/mol. The molecule has 0 spiro atoms. The zero-order chi connectivity index (χ0) is 13.1. The second kappa shape index (κ2) is 5.20. The van der Waals surface area contributed by atoms with Crippen molar-refractivity contribution in [1.29, 1.82) is 0 Å². The summed E-state index contributed by atoms with van der Waals surface area (Å²) in [5.74, 6) is 1.08. The van der Waals surface area contributed by atoms with E-state index in [0.717, 1.165) is 5.56 Å². The van der Waals surface area contributed by atoms with E-state index in [1.54, 1.807) is 24.6 Å². The summed E-state index contributed by atoms with van der Waals surface area (Å²) in [6.07, 6.45) is 3.14. The summed E-state index contributed by atoms with van der Waals surface area (Å²) < 4.78 is 12.4. The van der Waals surface area contributed by atoms with Gasteiger partial charge in [-0.3, -0.25) is 0 Å². The highest BCUT2D eigenvalue weighted by Crippen LogP contribution is 2.27. The van der Waals surface area contributed by atoms with Crippen LogP contribution >= 0.6 is 11.6 Å². The van der Waals surface area contributed by atoms with Crippen LogP contribution in [0.2, 0.25) is 5.15 Å². The number of aromatic nitrogens is 2. The molecule has 4 nitrogen and oxygen atoms in total. The fourth-order valence-corrected chi connectivity index (χ4v) is 1.92. The maximum Gasteiger partial charge on any atom is 0.221 e. The van der Waals surface area contributed by atoms with Gasteiger partial charge in [-0.25, -0.2) is 0 Å². The van der Waals surface area contributed by atoms with Crippen molar-refractivity contribution < 1.29 is 9.15 Å². The summed E-state index contributed by atoms with van der Waals surface area (Å²) in [4.78, 5) is 0. The van der Waals surface area contributed by atoms with E-state index in [4.69, 9.17) is 20.8 Å². The van der Waals surface area contributed by atoms with Crippen molar-refractivity contribution in [2.75, 3.05) is 0 Å². The van der Waals surface area contributed by atoms with Crippen LogP contribution in [0.25, 0.3) is 5.88 Å². The van der Waals surface area contributed by atoms with Crippen molar-refractivity contribution in [3.63, 3.8) is 0 Å². The minimum Gasteiger partial charge on any atom is -0.484 e. The molecule has 1 aromatic carbocycles. The Morgan fingerprint density at radius 1 is 1.16 bits per heavy atom. The SMILES string of the molecule is Clc1c(OCc2ccccc2)cnn1-c1ccco1. The van der Waals surface area contributed by atoms with E-state index in [1.807, 2.05) is 30.3 Å². The van der Waals surface area contributed by atoms with Crippen LogP contribution < -0.4 is 4.74 Å². The molecule has 0 fully saturated rings. The Labute approximate surface area is 115 Å². The van der Waals surface area contributed by atoms with Crippen LogP contribution in [0.15, 0.2) is 59.3 Å². The van der Waals surface area contributed by atoms with E-state index >= 15 is 0 Å². The Hall–Kier alpha value is -2.20. The lowest BCUT2D eigenvalue weighted by Crippen LogP contribution is -1.96. The number of nitrogens with zero attached hydrogens (tertiary/aromatic N) is 2. The second-order valence-corrected chi connectivity index (χ2v) is 4.30. The average molecular weight is 275 g/mol. The first-order chi connectivity index (χ1) is 9.34. The van der Waals surface area contributed by atoms with Gasteiger partial charge in [0.15, 0.2) is 10.9 Å². The molecule has 0 N–H and O–H groups in total. The fourth-order valence-electron chi connectivity index (χ4n) is 1.69. The van der Waals surface area contributed by atoms with Crippen LogP contribution in [-0.2, 0) is 6.61 Å². The summed E-state index contributed by atoms with van der Waals surface area (Å²) in [6.45, 7) is 0.449. The number of halogens is 1. The lowest BCUT2D eigenvalue weighted by molar-refractivity contribution is 0.306. The third-order valence-electron chi connectivity index (χ3n) is 2.63. The molecule has 19 heavy (non-hydrogen) atoms. The van der Waals surface area contributed by atoms with E-state index in [9.17, 15) is 0 Å². The first-order valence-corrected chi connectivity index (χ1v) is 6.16. The Kier molecular flexibility index (Phi) is 3.25. The molecular formula is C14H11ClN2O2. The molecule has 0 aliphatic rings. The van der Waals surface area contributed by atoms with E-state index in [2.05, 4.69) is 5.10 Å². The molecule has 2 aromatic heterocycles. The van der Waals surface area contributed by atoms with E-state index in [0.29, 0.717) is 23.4 Å². The molecule has 0 atom stereocenters. The topological polar surface area (TPSA) is 40.2 Å². The van der Waals surface area contributed by atoms with Crippen LogP contribution in [0.5, 0.6) is 5.75 Å². The summed E-state index contributed by atoms with van der Waals surface area (Å²) in [7, 11) is 0. The minimum absolute atomic E-state index is 0.394. The zero-order valence-corrected chi connectivity index (χ0v) is 10.7. The molecule has 0 aliphatic heterocycles. The van der Waals surface area contributed by atoms with Crippen molar-refractivity contribution in [3.8, 4) is 11.6 Å². The zero-order valence-electron chi connectivity index (χ0n) is 9.99. The molecule has 5 heteroatoms. The average Bonchev–Trinajstić information content (AvgIpc) is 3.07. The lowest BCUT2D eigenvalue weighted by Gasteiger charge is -2.04. The summed E-state index contributed by atoms with van der Waals surface area (Å²) in [5.41, 5.74) is 1.07. The molecule has 3 rings (SSSR count). The minimum atomic E-state index is 0.394. The molecule has 0 aliphatic carbocycles. The number of rotatable bonds is 4. The Morgan fingerprint density at radius 3 is 2.74 bits per heavy atom. The van der Waals surface area contributed by atoms with Crippen LogP contribution in [-0.4, -0.2) is 9.78 Å². The highest BCUT2D eigenvalue weighted by Gasteiger charge is 2.12. The molecule has 0 unspecified atom stereocenters. The highest BCUT2D eigenvalue weighted by atomic mass is 35.5. The van der Waals surface area contributed by atoms with Gasteiger partial charge in [0.05, 0.1) is 12.5 Å². The molecule has 0 bridgehead atoms. The number of furan rings is 1. The van der Waals surface area contributed by atoms with Crippen LogP contribution in [0.4, 0.5) is 0 Å². The van der Waals surface area contributed by atoms with Crippen molar-refractivity contribution in [1.82, 2.24) is 9.78 Å². The van der Waals surface area contributed by atoms with E-state index in [-0.39, 0.29) is 0 Å². The third kappa shape index (κ3) is 2.48. The van der Waals surface area contributed by atoms with Crippen molar-refractivity contribution in [2.45, 2.75) is 6.61 Å². The van der Waals surface area contributed by atoms with Gasteiger partial charge in [0, 0.05) is 6.07 Å². The summed E-state index contributed by atoms with van der Waals surface area (Å²) >= 11 is 6.20. The Bertz CT molecular complexity index is 647. The Balaban J connectivity index is 1.76. The van der Waals surface area contributed by atoms with E-state index in [1.165, 1.54) is 4.68 Å². The molecule has 3 aromatic rings. The van der Waals surface area contributed by atoms with Gasteiger partial charge in [-0.1, -0.05) is 41.9 Å². The molecule has 96 valence electrons. The van der Waals surface area contributed by atoms with Crippen LogP contribution in [0.3, 0.4) is 0 Å². The normalized spacial score (nSPS) is 10.6. The van der Waals surface area contributed by atoms with Crippen molar-refractivity contribution >= 4 is 11.6 Å². The van der Waals surface area contributed by atoms with Gasteiger partial charge in [0.25, 0.3) is 0 Å². The number of hydrogen-bond acceptors (Lipinski definition) is 3. The predicted octanol–water partition coefficient (Wildman–Crippen LogP) is 3.70.